The zero-order valence-corrected chi connectivity index (χ0v) is 16.5. The molecule has 3 unspecified atom stereocenters. The molecule has 3 atom stereocenters. The lowest BCUT2D eigenvalue weighted by atomic mass is 9.85. The van der Waals surface area contributed by atoms with Crippen LogP contribution < -0.4 is 0 Å². The third-order valence-corrected chi connectivity index (χ3v) is 7.72. The molecule has 1 saturated heterocycles. The lowest BCUT2D eigenvalue weighted by Gasteiger charge is -2.32. The first-order chi connectivity index (χ1) is 12.8. The third kappa shape index (κ3) is 3.60. The minimum atomic E-state index is -4.01. The molecule has 0 bridgehead atoms. The van der Waals surface area contributed by atoms with Crippen LogP contribution in [0, 0.1) is 5.92 Å². The molecule has 1 amide bonds. The maximum Gasteiger partial charge on any atom is 0.322 e. The zero-order valence-electron chi connectivity index (χ0n) is 15.7. The van der Waals surface area contributed by atoms with Gasteiger partial charge in [-0.1, -0.05) is 18.9 Å². The van der Waals surface area contributed by atoms with E-state index in [-0.39, 0.29) is 28.3 Å². The number of fused-ring (bicyclic) bond motifs is 1. The van der Waals surface area contributed by atoms with Crippen molar-refractivity contribution in [3.8, 4) is 0 Å². The van der Waals surface area contributed by atoms with E-state index in [1.165, 1.54) is 27.4 Å². The summed E-state index contributed by atoms with van der Waals surface area (Å²) in [5, 5.41) is 9.62. The van der Waals surface area contributed by atoms with Crippen molar-refractivity contribution in [3.63, 3.8) is 0 Å². The summed E-state index contributed by atoms with van der Waals surface area (Å²) in [6.45, 7) is 2.34. The number of sulfonamides is 1. The summed E-state index contributed by atoms with van der Waals surface area (Å²) in [5.41, 5.74) is 0.284. The van der Waals surface area contributed by atoms with E-state index in [0.29, 0.717) is 19.4 Å². The minimum absolute atomic E-state index is 0.0182. The number of hydrogen-bond donors (Lipinski definition) is 1. The van der Waals surface area contributed by atoms with Crippen LogP contribution in [0.2, 0.25) is 0 Å². The number of benzene rings is 1. The van der Waals surface area contributed by atoms with Crippen molar-refractivity contribution >= 4 is 21.9 Å². The van der Waals surface area contributed by atoms with Crippen LogP contribution in [0.3, 0.4) is 0 Å². The molecule has 1 saturated carbocycles. The Morgan fingerprint density at radius 1 is 1.26 bits per heavy atom. The van der Waals surface area contributed by atoms with Crippen LogP contribution in [-0.4, -0.2) is 60.3 Å². The molecule has 1 heterocycles. The molecule has 27 heavy (non-hydrogen) atoms. The van der Waals surface area contributed by atoms with Crippen LogP contribution in [0.4, 0.5) is 0 Å². The number of nitrogens with zero attached hydrogens (tertiary/aromatic N) is 2. The zero-order chi connectivity index (χ0) is 19.8. The van der Waals surface area contributed by atoms with Crippen LogP contribution in [0.15, 0.2) is 29.2 Å². The average Bonchev–Trinajstić information content (AvgIpc) is 3.07. The largest absolute Gasteiger partial charge is 0.480 e. The summed E-state index contributed by atoms with van der Waals surface area (Å²) in [5.74, 6) is -1.28. The quantitative estimate of drug-likeness (QED) is 0.826. The molecule has 148 valence electrons. The molecule has 0 aromatic heterocycles. The molecule has 1 N–H and O–H groups in total. The first kappa shape index (κ1) is 19.8. The number of carboxylic acid groups (broad SMARTS) is 1. The predicted octanol–water partition coefficient (Wildman–Crippen LogP) is 2.18. The van der Waals surface area contributed by atoms with Crippen molar-refractivity contribution in [1.29, 1.82) is 0 Å². The van der Waals surface area contributed by atoms with Crippen molar-refractivity contribution in [2.24, 2.45) is 5.92 Å². The fraction of sp³-hybridized carbons (Fsp3) is 0.579. The number of rotatable bonds is 5. The fourth-order valence-electron chi connectivity index (χ4n) is 4.25. The van der Waals surface area contributed by atoms with Gasteiger partial charge in [-0.2, -0.15) is 4.31 Å². The van der Waals surface area contributed by atoms with Crippen molar-refractivity contribution in [2.75, 3.05) is 13.6 Å². The second-order valence-electron chi connectivity index (χ2n) is 7.38. The lowest BCUT2D eigenvalue weighted by molar-refractivity contribution is -0.141. The second-order valence-corrected chi connectivity index (χ2v) is 9.23. The van der Waals surface area contributed by atoms with Gasteiger partial charge in [0.25, 0.3) is 5.91 Å². The Labute approximate surface area is 160 Å². The highest BCUT2D eigenvalue weighted by atomic mass is 32.2. The topological polar surface area (TPSA) is 95.0 Å². The van der Waals surface area contributed by atoms with Gasteiger partial charge in [0.1, 0.15) is 6.04 Å². The first-order valence-corrected chi connectivity index (χ1v) is 10.8. The van der Waals surface area contributed by atoms with Crippen molar-refractivity contribution in [3.05, 3.63) is 29.8 Å². The summed E-state index contributed by atoms with van der Waals surface area (Å²) in [4.78, 5) is 25.7. The fourth-order valence-corrected chi connectivity index (χ4v) is 6.17. The van der Waals surface area contributed by atoms with Crippen molar-refractivity contribution < 1.29 is 23.1 Å². The van der Waals surface area contributed by atoms with Crippen LogP contribution in [0.25, 0.3) is 0 Å². The normalized spacial score (nSPS) is 25.8. The van der Waals surface area contributed by atoms with Crippen LogP contribution >= 0.6 is 0 Å². The Morgan fingerprint density at radius 2 is 1.96 bits per heavy atom. The van der Waals surface area contributed by atoms with Gasteiger partial charge >= 0.3 is 5.97 Å². The SMILES string of the molecule is CCN(C)C(=O)c1cccc(S(=O)(=O)N2C(C(=O)O)CC3CCCCC32)c1. The molecule has 1 aliphatic heterocycles. The standard InChI is InChI=1S/C19H26N2O5S/c1-3-20(2)18(22)14-8-6-9-15(11-14)27(25,26)21-16-10-5-4-7-13(16)12-17(21)19(23)24/h6,8-9,11,13,16-17H,3-5,7,10,12H2,1-2H3,(H,23,24). The number of carbonyl (C=O) groups is 2. The number of amides is 1. The number of carbonyl (C=O) groups excluding carboxylic acids is 1. The summed E-state index contributed by atoms with van der Waals surface area (Å²) in [6, 6.07) is 4.60. The molecule has 0 spiro atoms. The molecule has 2 aliphatic rings. The molecule has 1 aromatic rings. The van der Waals surface area contributed by atoms with Gasteiger partial charge in [-0.3, -0.25) is 9.59 Å². The molecule has 1 aromatic carbocycles. The highest BCUT2D eigenvalue weighted by molar-refractivity contribution is 7.89. The van der Waals surface area contributed by atoms with Gasteiger partial charge in [0.05, 0.1) is 4.90 Å². The molecule has 3 rings (SSSR count). The highest BCUT2D eigenvalue weighted by Gasteiger charge is 2.51. The summed E-state index contributed by atoms with van der Waals surface area (Å²) in [6.07, 6.45) is 3.82. The molecule has 2 fully saturated rings. The van der Waals surface area contributed by atoms with Gasteiger partial charge in [-0.05, 0) is 50.3 Å². The Kier molecular flexibility index (Phi) is 5.58. The van der Waals surface area contributed by atoms with Gasteiger partial charge in [-0.15, -0.1) is 0 Å². The first-order valence-electron chi connectivity index (χ1n) is 9.39. The van der Waals surface area contributed by atoms with Gasteiger partial charge in [0, 0.05) is 25.2 Å². The maximum absolute atomic E-state index is 13.4. The van der Waals surface area contributed by atoms with E-state index < -0.39 is 22.0 Å². The average molecular weight is 394 g/mol. The van der Waals surface area contributed by atoms with E-state index in [0.717, 1.165) is 19.3 Å². The van der Waals surface area contributed by atoms with Crippen molar-refractivity contribution in [1.82, 2.24) is 9.21 Å². The molecule has 8 heteroatoms. The molecule has 7 nitrogen and oxygen atoms in total. The summed E-state index contributed by atoms with van der Waals surface area (Å²) in [7, 11) is -2.36. The van der Waals surface area contributed by atoms with E-state index in [1.807, 2.05) is 6.92 Å². The van der Waals surface area contributed by atoms with Crippen molar-refractivity contribution in [2.45, 2.75) is 56.0 Å². The lowest BCUT2D eigenvalue weighted by Crippen LogP contribution is -2.46. The van der Waals surface area contributed by atoms with E-state index in [2.05, 4.69) is 0 Å². The molecule has 0 radical (unpaired) electrons. The minimum Gasteiger partial charge on any atom is -0.480 e. The summed E-state index contributed by atoms with van der Waals surface area (Å²) < 4.78 is 27.9. The summed E-state index contributed by atoms with van der Waals surface area (Å²) >= 11 is 0. The Morgan fingerprint density at radius 3 is 2.63 bits per heavy atom. The Bertz CT molecular complexity index is 838. The van der Waals surface area contributed by atoms with E-state index in [9.17, 15) is 23.1 Å². The number of hydrogen-bond acceptors (Lipinski definition) is 4. The molecular formula is C19H26N2O5S. The van der Waals surface area contributed by atoms with Gasteiger partial charge in [0.2, 0.25) is 10.0 Å². The van der Waals surface area contributed by atoms with Crippen LogP contribution in [0.1, 0.15) is 49.4 Å². The Balaban J connectivity index is 1.99. The molecule has 1 aliphatic carbocycles. The van der Waals surface area contributed by atoms with Gasteiger partial charge in [-0.25, -0.2) is 8.42 Å². The van der Waals surface area contributed by atoms with Crippen LogP contribution in [0.5, 0.6) is 0 Å². The predicted molar refractivity (Wildman–Crippen MR) is 99.9 cm³/mol. The van der Waals surface area contributed by atoms with Gasteiger partial charge < -0.3 is 10.0 Å². The van der Waals surface area contributed by atoms with E-state index in [4.69, 9.17) is 0 Å². The number of aliphatic carboxylic acids is 1. The monoisotopic (exact) mass is 394 g/mol. The number of carboxylic acids is 1. The smallest absolute Gasteiger partial charge is 0.322 e. The second kappa shape index (κ2) is 7.59. The highest BCUT2D eigenvalue weighted by Crippen LogP contribution is 2.42. The van der Waals surface area contributed by atoms with Gasteiger partial charge in [0.15, 0.2) is 0 Å². The van der Waals surface area contributed by atoms with E-state index >= 15 is 0 Å². The third-order valence-electron chi connectivity index (χ3n) is 5.79. The Hall–Kier alpha value is -1.93. The maximum atomic E-state index is 13.4. The van der Waals surface area contributed by atoms with Crippen LogP contribution in [-0.2, 0) is 14.8 Å². The van der Waals surface area contributed by atoms with E-state index in [1.54, 1.807) is 13.1 Å². The molecular weight excluding hydrogens is 368 g/mol.